The molecule has 2 nitrogen and oxygen atoms in total. The van der Waals surface area contributed by atoms with E-state index in [1.54, 1.807) is 0 Å². The highest BCUT2D eigenvalue weighted by molar-refractivity contribution is 5.47. The fourth-order valence-corrected chi connectivity index (χ4v) is 4.04. The van der Waals surface area contributed by atoms with Crippen LogP contribution in [0.5, 0.6) is 5.75 Å². The van der Waals surface area contributed by atoms with Crippen molar-refractivity contribution in [2.75, 3.05) is 13.1 Å². The smallest absolute Gasteiger partial charge is 0.115 e. The Morgan fingerprint density at radius 2 is 1.70 bits per heavy atom. The number of hydrogen-bond donors (Lipinski definition) is 1. The molecule has 0 heterocycles. The largest absolute Gasteiger partial charge is 0.508 e. The summed E-state index contributed by atoms with van der Waals surface area (Å²) in [4.78, 5) is 2.65. The number of nitrogens with zero attached hydrogens (tertiary/aromatic N) is 1. The highest BCUT2D eigenvalue weighted by Crippen LogP contribution is 2.42. The van der Waals surface area contributed by atoms with Crippen LogP contribution in [0.15, 0.2) is 48.5 Å². The van der Waals surface area contributed by atoms with Gasteiger partial charge in [-0.25, -0.2) is 0 Å². The van der Waals surface area contributed by atoms with Crippen LogP contribution >= 0.6 is 0 Å². The first-order valence-electron chi connectivity index (χ1n) is 8.85. The molecule has 0 radical (unpaired) electrons. The lowest BCUT2D eigenvalue weighted by molar-refractivity contribution is 0.189. The Hall–Kier alpha value is -1.80. The van der Waals surface area contributed by atoms with Gasteiger partial charge in [0.1, 0.15) is 5.75 Å². The fourth-order valence-electron chi connectivity index (χ4n) is 4.04. The van der Waals surface area contributed by atoms with Crippen molar-refractivity contribution in [2.24, 2.45) is 0 Å². The van der Waals surface area contributed by atoms with E-state index in [0.717, 1.165) is 19.5 Å². The maximum absolute atomic E-state index is 9.87. The van der Waals surface area contributed by atoms with Gasteiger partial charge in [-0.3, -0.25) is 4.90 Å². The molecule has 2 aromatic carbocycles. The maximum Gasteiger partial charge on any atom is 0.115 e. The lowest BCUT2D eigenvalue weighted by Gasteiger charge is -2.33. The van der Waals surface area contributed by atoms with Crippen LogP contribution in [-0.2, 0) is 6.42 Å². The first-order chi connectivity index (χ1) is 11.2. The first kappa shape index (κ1) is 16.1. The molecule has 122 valence electrons. The predicted molar refractivity (Wildman–Crippen MR) is 96.0 cm³/mol. The zero-order valence-corrected chi connectivity index (χ0v) is 14.2. The average Bonchev–Trinajstić information content (AvgIpc) is 2.93. The normalized spacial score (nSPS) is 20.0. The predicted octanol–water partition coefficient (Wildman–Crippen LogP) is 4.57. The van der Waals surface area contributed by atoms with E-state index in [1.165, 1.54) is 29.5 Å². The summed E-state index contributed by atoms with van der Waals surface area (Å²) in [6, 6.07) is 17.3. The zero-order chi connectivity index (χ0) is 16.2. The third kappa shape index (κ3) is 3.28. The second kappa shape index (κ2) is 7.18. The first-order valence-corrected chi connectivity index (χ1v) is 8.85. The van der Waals surface area contributed by atoms with Gasteiger partial charge in [0.2, 0.25) is 0 Å². The van der Waals surface area contributed by atoms with Gasteiger partial charge in [0.25, 0.3) is 0 Å². The molecule has 0 aliphatic heterocycles. The highest BCUT2D eigenvalue weighted by atomic mass is 16.3. The van der Waals surface area contributed by atoms with Crippen molar-refractivity contribution in [3.63, 3.8) is 0 Å². The van der Waals surface area contributed by atoms with Gasteiger partial charge in [0.05, 0.1) is 0 Å². The molecule has 0 aromatic heterocycles. The van der Waals surface area contributed by atoms with Gasteiger partial charge in [-0.2, -0.15) is 0 Å². The van der Waals surface area contributed by atoms with Crippen LogP contribution in [0, 0.1) is 0 Å². The van der Waals surface area contributed by atoms with E-state index in [0.29, 0.717) is 17.7 Å². The van der Waals surface area contributed by atoms with E-state index in [9.17, 15) is 5.11 Å². The minimum absolute atomic E-state index is 0.383. The Morgan fingerprint density at radius 1 is 1.00 bits per heavy atom. The third-order valence-corrected chi connectivity index (χ3v) is 4.92. The molecule has 0 spiro atoms. The van der Waals surface area contributed by atoms with E-state index in [-0.39, 0.29) is 0 Å². The van der Waals surface area contributed by atoms with Gasteiger partial charge < -0.3 is 5.11 Å². The Balaban J connectivity index is 2.01. The molecule has 0 unspecified atom stereocenters. The lowest BCUT2D eigenvalue weighted by Crippen LogP contribution is -2.39. The molecule has 1 N–H and O–H groups in total. The van der Waals surface area contributed by atoms with Crippen molar-refractivity contribution in [3.8, 4) is 5.75 Å². The van der Waals surface area contributed by atoms with Crippen LogP contribution in [0.2, 0.25) is 0 Å². The Bertz CT molecular complexity index is 632. The average molecular weight is 309 g/mol. The number of rotatable bonds is 6. The summed E-state index contributed by atoms with van der Waals surface area (Å²) in [5.74, 6) is 0.790. The van der Waals surface area contributed by atoms with Gasteiger partial charge in [-0.15, -0.1) is 0 Å². The standard InChI is InChI=1S/C21H27NO/c1-3-12-22(13-4-2)20-15-17-14-18(23)10-11-19(17)21(20)16-8-6-5-7-9-16/h5-11,14,20-21,23H,3-4,12-13,15H2,1-2H3/t20-,21-/m0/s1. The van der Waals surface area contributed by atoms with Crippen molar-refractivity contribution in [3.05, 3.63) is 65.2 Å². The third-order valence-electron chi connectivity index (χ3n) is 4.92. The second-order valence-corrected chi connectivity index (χ2v) is 6.58. The topological polar surface area (TPSA) is 23.5 Å². The quantitative estimate of drug-likeness (QED) is 0.845. The van der Waals surface area contributed by atoms with Crippen LogP contribution in [0.3, 0.4) is 0 Å². The molecule has 0 fully saturated rings. The summed E-state index contributed by atoms with van der Waals surface area (Å²) >= 11 is 0. The number of fused-ring (bicyclic) bond motifs is 1. The van der Waals surface area contributed by atoms with Crippen molar-refractivity contribution in [2.45, 2.75) is 45.1 Å². The monoisotopic (exact) mass is 309 g/mol. The molecule has 1 aliphatic rings. The summed E-state index contributed by atoms with van der Waals surface area (Å²) in [7, 11) is 0. The van der Waals surface area contributed by atoms with Crippen molar-refractivity contribution in [1.82, 2.24) is 4.90 Å². The Morgan fingerprint density at radius 3 is 2.35 bits per heavy atom. The molecule has 0 amide bonds. The molecule has 23 heavy (non-hydrogen) atoms. The summed E-state index contributed by atoms with van der Waals surface area (Å²) < 4.78 is 0. The molecular weight excluding hydrogens is 282 g/mol. The summed E-state index contributed by atoms with van der Waals surface area (Å²) in [6.45, 7) is 6.80. The molecule has 2 heteroatoms. The lowest BCUT2D eigenvalue weighted by atomic mass is 9.89. The number of aromatic hydroxyl groups is 1. The number of benzene rings is 2. The van der Waals surface area contributed by atoms with E-state index in [4.69, 9.17) is 0 Å². The van der Waals surface area contributed by atoms with Gasteiger partial charge >= 0.3 is 0 Å². The Labute approximate surface area is 139 Å². The molecule has 0 saturated heterocycles. The van der Waals surface area contributed by atoms with Crippen LogP contribution in [0.25, 0.3) is 0 Å². The minimum Gasteiger partial charge on any atom is -0.508 e. The van der Waals surface area contributed by atoms with Crippen molar-refractivity contribution >= 4 is 0 Å². The summed E-state index contributed by atoms with van der Waals surface area (Å²) in [5.41, 5.74) is 4.08. The van der Waals surface area contributed by atoms with Crippen LogP contribution < -0.4 is 0 Å². The molecule has 1 aliphatic carbocycles. The molecular formula is C21H27NO. The molecule has 2 atom stereocenters. The molecule has 3 rings (SSSR count). The zero-order valence-electron chi connectivity index (χ0n) is 14.2. The van der Waals surface area contributed by atoms with E-state index >= 15 is 0 Å². The fraction of sp³-hybridized carbons (Fsp3) is 0.429. The summed E-state index contributed by atoms with van der Waals surface area (Å²) in [6.07, 6.45) is 3.39. The number of hydrogen-bond acceptors (Lipinski definition) is 2. The SMILES string of the molecule is CCCN(CCC)[C@H]1Cc2cc(O)ccc2[C@@H]1c1ccccc1. The van der Waals surface area contributed by atoms with Gasteiger partial charge in [0, 0.05) is 12.0 Å². The van der Waals surface area contributed by atoms with Crippen LogP contribution in [0.1, 0.15) is 49.3 Å². The van der Waals surface area contributed by atoms with Gasteiger partial charge in [-0.1, -0.05) is 50.2 Å². The van der Waals surface area contributed by atoms with Crippen LogP contribution in [0.4, 0.5) is 0 Å². The highest BCUT2D eigenvalue weighted by Gasteiger charge is 2.36. The van der Waals surface area contributed by atoms with E-state index < -0.39 is 0 Å². The molecule has 2 aromatic rings. The number of phenolic OH excluding ortho intramolecular Hbond substituents is 1. The molecule has 0 bridgehead atoms. The van der Waals surface area contributed by atoms with Crippen molar-refractivity contribution in [1.29, 1.82) is 0 Å². The van der Waals surface area contributed by atoms with Gasteiger partial charge in [0.15, 0.2) is 0 Å². The second-order valence-electron chi connectivity index (χ2n) is 6.58. The summed E-state index contributed by atoms with van der Waals surface area (Å²) in [5, 5.41) is 9.87. The van der Waals surface area contributed by atoms with Crippen molar-refractivity contribution < 1.29 is 5.11 Å². The van der Waals surface area contributed by atoms with Gasteiger partial charge in [-0.05, 0) is 61.2 Å². The van der Waals surface area contributed by atoms with Crippen LogP contribution in [-0.4, -0.2) is 29.1 Å². The Kier molecular flexibility index (Phi) is 5.02. The van der Waals surface area contributed by atoms with E-state index in [2.05, 4.69) is 55.1 Å². The molecule has 0 saturated carbocycles. The number of phenols is 1. The maximum atomic E-state index is 9.87. The van der Waals surface area contributed by atoms with E-state index in [1.807, 2.05) is 12.1 Å². The minimum atomic E-state index is 0.383.